The largest absolute Gasteiger partial charge is 0.453 e. The number of H-pyrrole nitrogens is 2. The molecule has 62 heavy (non-hydrogen) atoms. The van der Waals surface area contributed by atoms with Gasteiger partial charge in [-0.25, -0.2) is 19.6 Å². The molecule has 1 atom stereocenters. The number of hydrogen-bond donors (Lipinski definition) is 4. The molecule has 0 fully saturated rings. The number of rotatable bonds is 16. The summed E-state index contributed by atoms with van der Waals surface area (Å²) >= 11 is 0. The summed E-state index contributed by atoms with van der Waals surface area (Å²) in [6, 6.07) is 29.7. The monoisotopic (exact) mass is 844 g/mol. The first-order valence-electron chi connectivity index (χ1n) is 20.9. The van der Waals surface area contributed by atoms with E-state index in [1.54, 1.807) is 35.4 Å². The highest BCUT2D eigenvalue weighted by atomic mass is 16.5. The lowest BCUT2D eigenvalue weighted by molar-refractivity contribution is -0.130. The lowest BCUT2D eigenvalue weighted by atomic mass is 9.98. The van der Waals surface area contributed by atoms with Gasteiger partial charge in [0.05, 0.1) is 51.1 Å². The highest BCUT2D eigenvalue weighted by molar-refractivity contribution is 5.90. The van der Waals surface area contributed by atoms with Crippen LogP contribution in [-0.4, -0.2) is 95.0 Å². The quantitative estimate of drug-likeness (QED) is 0.0694. The van der Waals surface area contributed by atoms with Crippen molar-refractivity contribution >= 4 is 35.2 Å². The van der Waals surface area contributed by atoms with Crippen LogP contribution in [0.4, 0.5) is 9.59 Å². The summed E-state index contributed by atoms with van der Waals surface area (Å²) in [5.74, 6) is 1.46. The Kier molecular flexibility index (Phi) is 19.4. The van der Waals surface area contributed by atoms with E-state index in [1.807, 2.05) is 19.2 Å². The number of ether oxygens (including phenoxy) is 2. The Hall–Kier alpha value is -6.80. The summed E-state index contributed by atoms with van der Waals surface area (Å²) in [7, 11) is 4.63. The SMILES string of the molecule is CCC.CCCN(C)Cc1ncc(-c2ccc(-c3ccc4cc(-c5cnc(CN(CCC)C(=O)CNC(=O)OC)[nH]5)ccc4c3)cc2)[nH]1.COC(=O)NC(C=O)c1ccccc1. The van der Waals surface area contributed by atoms with Gasteiger partial charge in [0.15, 0.2) is 0 Å². The number of nitrogens with zero attached hydrogens (tertiary/aromatic N) is 4. The average Bonchev–Trinajstić information content (AvgIpc) is 3.97. The van der Waals surface area contributed by atoms with Gasteiger partial charge in [-0.2, -0.15) is 0 Å². The molecule has 2 aromatic heterocycles. The van der Waals surface area contributed by atoms with Crippen molar-refractivity contribution in [3.05, 3.63) is 121 Å². The third kappa shape index (κ3) is 14.4. The molecular weight excluding hydrogens is 785 g/mol. The van der Waals surface area contributed by atoms with Gasteiger partial charge in [-0.15, -0.1) is 0 Å². The van der Waals surface area contributed by atoms with Crippen LogP contribution in [0, 0.1) is 0 Å². The molecule has 6 rings (SSSR count). The first kappa shape index (κ1) is 47.9. The second kappa shape index (κ2) is 25.1. The Bertz CT molecular complexity index is 2310. The molecule has 0 aliphatic carbocycles. The number of aromatic amines is 2. The van der Waals surface area contributed by atoms with Crippen molar-refractivity contribution in [1.29, 1.82) is 0 Å². The zero-order valence-electron chi connectivity index (χ0n) is 36.9. The van der Waals surface area contributed by atoms with Gasteiger partial charge in [0.2, 0.25) is 5.91 Å². The zero-order chi connectivity index (χ0) is 44.9. The molecule has 0 spiro atoms. The molecule has 328 valence electrons. The molecule has 3 amide bonds. The Labute approximate surface area is 364 Å². The van der Waals surface area contributed by atoms with Crippen molar-refractivity contribution in [2.75, 3.05) is 40.9 Å². The lowest BCUT2D eigenvalue weighted by Crippen LogP contribution is -2.40. The number of nitrogens with one attached hydrogen (secondary N) is 4. The molecule has 4 N–H and O–H groups in total. The molecule has 14 nitrogen and oxygen atoms in total. The van der Waals surface area contributed by atoms with Gasteiger partial charge in [0.25, 0.3) is 0 Å². The Morgan fingerprint density at radius 1 is 0.694 bits per heavy atom. The minimum absolute atomic E-state index is 0.126. The second-order valence-corrected chi connectivity index (χ2v) is 14.6. The van der Waals surface area contributed by atoms with Crippen molar-refractivity contribution in [3.63, 3.8) is 0 Å². The average molecular weight is 845 g/mol. The molecular formula is C48H60N8O6. The van der Waals surface area contributed by atoms with Crippen molar-refractivity contribution < 1.29 is 28.7 Å². The third-order valence-electron chi connectivity index (χ3n) is 9.47. The molecule has 0 aliphatic heterocycles. The highest BCUT2D eigenvalue weighted by Crippen LogP contribution is 2.29. The van der Waals surface area contributed by atoms with Gasteiger partial charge < -0.3 is 39.8 Å². The van der Waals surface area contributed by atoms with E-state index < -0.39 is 18.2 Å². The Balaban J connectivity index is 0.000000417. The van der Waals surface area contributed by atoms with Crippen LogP contribution in [-0.2, 0) is 32.2 Å². The molecule has 0 saturated carbocycles. The summed E-state index contributed by atoms with van der Waals surface area (Å²) in [5.41, 5.74) is 7.06. The van der Waals surface area contributed by atoms with Gasteiger partial charge in [0.1, 0.15) is 30.5 Å². The van der Waals surface area contributed by atoms with E-state index in [-0.39, 0.29) is 12.5 Å². The smallest absolute Gasteiger partial charge is 0.407 e. The Morgan fingerprint density at radius 2 is 1.23 bits per heavy atom. The molecule has 4 aromatic carbocycles. The number of carbonyl (C=O) groups excluding carboxylic acids is 4. The molecule has 6 aromatic rings. The van der Waals surface area contributed by atoms with E-state index in [9.17, 15) is 19.2 Å². The minimum Gasteiger partial charge on any atom is -0.453 e. The van der Waals surface area contributed by atoms with Gasteiger partial charge in [0, 0.05) is 12.1 Å². The number of carbonyl (C=O) groups is 4. The molecule has 1 unspecified atom stereocenters. The van der Waals surface area contributed by atoms with Crippen LogP contribution in [0.5, 0.6) is 0 Å². The van der Waals surface area contributed by atoms with Crippen LogP contribution < -0.4 is 10.6 Å². The normalized spacial score (nSPS) is 11.0. The van der Waals surface area contributed by atoms with Crippen LogP contribution in [0.15, 0.2) is 103 Å². The van der Waals surface area contributed by atoms with E-state index in [4.69, 9.17) is 0 Å². The summed E-state index contributed by atoms with van der Waals surface area (Å²) < 4.78 is 8.96. The first-order chi connectivity index (χ1) is 30.0. The topological polar surface area (TPSA) is 175 Å². The van der Waals surface area contributed by atoms with Crippen LogP contribution in [0.25, 0.3) is 44.4 Å². The predicted octanol–water partition coefficient (Wildman–Crippen LogP) is 8.92. The van der Waals surface area contributed by atoms with Gasteiger partial charge in [-0.05, 0) is 71.6 Å². The maximum Gasteiger partial charge on any atom is 0.407 e. The third-order valence-corrected chi connectivity index (χ3v) is 9.47. The Morgan fingerprint density at radius 3 is 1.81 bits per heavy atom. The van der Waals surface area contributed by atoms with Crippen molar-refractivity contribution in [2.45, 2.75) is 66.1 Å². The summed E-state index contributed by atoms with van der Waals surface area (Å²) in [6.07, 6.45) is 6.27. The van der Waals surface area contributed by atoms with E-state index in [0.29, 0.717) is 25.2 Å². The van der Waals surface area contributed by atoms with Gasteiger partial charge in [-0.1, -0.05) is 113 Å². The fraction of sp³-hybridized carbons (Fsp3) is 0.333. The molecule has 0 bridgehead atoms. The number of imidazole rings is 2. The summed E-state index contributed by atoms with van der Waals surface area (Å²) in [5, 5.41) is 7.12. The van der Waals surface area contributed by atoms with Crippen LogP contribution in [0.1, 0.15) is 70.2 Å². The zero-order valence-corrected chi connectivity index (χ0v) is 36.9. The summed E-state index contributed by atoms with van der Waals surface area (Å²) in [4.78, 5) is 65.4. The van der Waals surface area contributed by atoms with Crippen molar-refractivity contribution in [3.8, 4) is 33.6 Å². The maximum atomic E-state index is 12.7. The lowest BCUT2D eigenvalue weighted by Gasteiger charge is -2.21. The van der Waals surface area contributed by atoms with Crippen molar-refractivity contribution in [2.24, 2.45) is 0 Å². The summed E-state index contributed by atoms with van der Waals surface area (Å²) in [6.45, 7) is 11.0. The van der Waals surface area contributed by atoms with Crippen LogP contribution in [0.2, 0.25) is 0 Å². The number of aldehydes is 1. The minimum atomic E-state index is -0.649. The van der Waals surface area contributed by atoms with E-state index in [2.05, 4.69) is 133 Å². The van der Waals surface area contributed by atoms with Gasteiger partial charge in [-0.3, -0.25) is 9.69 Å². The van der Waals surface area contributed by atoms with Crippen LogP contribution in [0.3, 0.4) is 0 Å². The fourth-order valence-corrected chi connectivity index (χ4v) is 6.45. The standard InChI is InChI=1S/C35H41N7O3.C10H11NO3.C3H8/c1-5-15-41(3)22-32-36-19-30(39-32)25-9-7-24(8-10-25)26-11-12-28-18-29(14-13-27(28)17-26)31-20-37-33(40-31)23-42(16-6-2)34(43)21-38-35(44)45-4;1-14-10(13)11-9(7-12)8-5-3-2-4-6-8;1-3-2/h7-14,17-20H,5-6,15-16,21-23H2,1-4H3,(H,36,39)(H,37,40)(H,38,44);2-7,9H,1H3,(H,11,13);3H2,1-2H3. The second-order valence-electron chi connectivity index (χ2n) is 14.6. The van der Waals surface area contributed by atoms with Crippen LogP contribution >= 0.6 is 0 Å². The van der Waals surface area contributed by atoms with Gasteiger partial charge >= 0.3 is 12.2 Å². The number of benzene rings is 4. The molecule has 2 heterocycles. The number of amides is 3. The molecule has 0 radical (unpaired) electrons. The first-order valence-corrected chi connectivity index (χ1v) is 20.9. The molecule has 0 saturated heterocycles. The number of alkyl carbamates (subject to hydrolysis) is 2. The molecule has 14 heteroatoms. The molecule has 0 aliphatic rings. The predicted molar refractivity (Wildman–Crippen MR) is 244 cm³/mol. The van der Waals surface area contributed by atoms with E-state index in [1.165, 1.54) is 20.6 Å². The van der Waals surface area contributed by atoms with E-state index >= 15 is 0 Å². The van der Waals surface area contributed by atoms with E-state index in [0.717, 1.165) is 81.7 Å². The fourth-order valence-electron chi connectivity index (χ4n) is 6.45. The number of aromatic nitrogens is 4. The number of hydrogen-bond acceptors (Lipinski definition) is 9. The highest BCUT2D eigenvalue weighted by Gasteiger charge is 2.17. The van der Waals surface area contributed by atoms with Crippen molar-refractivity contribution in [1.82, 2.24) is 40.4 Å². The number of fused-ring (bicyclic) bond motifs is 1. The maximum absolute atomic E-state index is 12.7. The number of methoxy groups -OCH3 is 2.